The fraction of sp³-hybridized carbons (Fsp3) is 0. The van der Waals surface area contributed by atoms with E-state index in [9.17, 15) is 0 Å². The summed E-state index contributed by atoms with van der Waals surface area (Å²) < 4.78 is 2.28. The molecule has 0 amide bonds. The Labute approximate surface area is 75.3 Å². The largest absolute Gasteiger partial charge is 0.199 e. The topological polar surface area (TPSA) is 43.1 Å². The predicted octanol–water partition coefficient (Wildman–Crippen LogP) is 1.54. The Kier molecular flexibility index (Phi) is 1.54. The molecular formula is C5H2BrClN4. The second-order valence-corrected chi connectivity index (χ2v) is 3.14. The van der Waals surface area contributed by atoms with Crippen molar-refractivity contribution in [1.29, 1.82) is 0 Å². The van der Waals surface area contributed by atoms with E-state index < -0.39 is 0 Å². The van der Waals surface area contributed by atoms with Crippen molar-refractivity contribution in [3.8, 4) is 0 Å². The maximum atomic E-state index is 5.75. The van der Waals surface area contributed by atoms with Gasteiger partial charge in [0.05, 0.1) is 16.9 Å². The molecule has 11 heavy (non-hydrogen) atoms. The molecule has 0 aliphatic rings. The second kappa shape index (κ2) is 2.42. The van der Waals surface area contributed by atoms with E-state index in [-0.39, 0.29) is 0 Å². The zero-order valence-electron chi connectivity index (χ0n) is 5.20. The highest BCUT2D eigenvalue weighted by Gasteiger charge is 2.04. The van der Waals surface area contributed by atoms with Gasteiger partial charge in [0.25, 0.3) is 0 Å². The molecule has 4 nitrogen and oxygen atoms in total. The van der Waals surface area contributed by atoms with Crippen LogP contribution in [0.3, 0.4) is 0 Å². The molecular weight excluding hydrogens is 231 g/mol. The van der Waals surface area contributed by atoms with Gasteiger partial charge >= 0.3 is 0 Å². The number of rotatable bonds is 0. The van der Waals surface area contributed by atoms with Crippen LogP contribution in [0.1, 0.15) is 0 Å². The molecule has 56 valence electrons. The minimum absolute atomic E-state index is 0.445. The molecule has 0 bridgehead atoms. The quantitative estimate of drug-likeness (QED) is 0.693. The van der Waals surface area contributed by atoms with E-state index in [4.69, 9.17) is 11.6 Å². The van der Waals surface area contributed by atoms with E-state index >= 15 is 0 Å². The SMILES string of the molecule is Clc1cnnc2c(Br)cnn12. The molecule has 0 fully saturated rings. The Morgan fingerprint density at radius 2 is 2.27 bits per heavy atom. The van der Waals surface area contributed by atoms with Gasteiger partial charge < -0.3 is 0 Å². The lowest BCUT2D eigenvalue weighted by Gasteiger charge is -1.91. The summed E-state index contributed by atoms with van der Waals surface area (Å²) >= 11 is 9.00. The number of halogens is 2. The Hall–Kier alpha value is -0.680. The van der Waals surface area contributed by atoms with Gasteiger partial charge in [-0.2, -0.15) is 14.7 Å². The van der Waals surface area contributed by atoms with Crippen molar-refractivity contribution in [2.75, 3.05) is 0 Å². The second-order valence-electron chi connectivity index (χ2n) is 1.90. The lowest BCUT2D eigenvalue weighted by atomic mass is 10.7. The van der Waals surface area contributed by atoms with Gasteiger partial charge in [0.2, 0.25) is 0 Å². The van der Waals surface area contributed by atoms with Crippen LogP contribution < -0.4 is 0 Å². The third-order valence-electron chi connectivity index (χ3n) is 1.22. The van der Waals surface area contributed by atoms with Crippen LogP contribution in [0.5, 0.6) is 0 Å². The van der Waals surface area contributed by atoms with Gasteiger partial charge in [0.15, 0.2) is 10.8 Å². The Morgan fingerprint density at radius 3 is 3.00 bits per heavy atom. The van der Waals surface area contributed by atoms with Crippen LogP contribution in [0, 0.1) is 0 Å². The van der Waals surface area contributed by atoms with Gasteiger partial charge in [-0.3, -0.25) is 0 Å². The van der Waals surface area contributed by atoms with Crippen molar-refractivity contribution in [2.45, 2.75) is 0 Å². The summed E-state index contributed by atoms with van der Waals surface area (Å²) in [4.78, 5) is 0. The molecule has 0 saturated carbocycles. The standard InChI is InChI=1S/C5H2BrClN4/c6-3-1-9-11-4(7)2-8-10-5(3)11/h1-2H. The number of hydrogen-bond acceptors (Lipinski definition) is 3. The summed E-state index contributed by atoms with van der Waals surface area (Å²) in [5.74, 6) is 0. The van der Waals surface area contributed by atoms with Gasteiger partial charge in [-0.25, -0.2) is 0 Å². The highest BCUT2D eigenvalue weighted by Crippen LogP contribution is 2.16. The van der Waals surface area contributed by atoms with Gasteiger partial charge in [-0.1, -0.05) is 11.6 Å². The van der Waals surface area contributed by atoms with Crippen LogP contribution in [-0.4, -0.2) is 19.8 Å². The van der Waals surface area contributed by atoms with Crippen LogP contribution in [0.25, 0.3) is 5.65 Å². The summed E-state index contributed by atoms with van der Waals surface area (Å²) in [5, 5.41) is 11.9. The van der Waals surface area contributed by atoms with Gasteiger partial charge in [0, 0.05) is 0 Å². The lowest BCUT2D eigenvalue weighted by molar-refractivity contribution is 0.889. The fourth-order valence-electron chi connectivity index (χ4n) is 0.754. The van der Waals surface area contributed by atoms with Crippen molar-refractivity contribution < 1.29 is 0 Å². The van der Waals surface area contributed by atoms with Crippen molar-refractivity contribution in [3.63, 3.8) is 0 Å². The van der Waals surface area contributed by atoms with Gasteiger partial charge in [-0.15, -0.1) is 5.10 Å². The first kappa shape index (κ1) is 7.00. The Bertz CT molecular complexity index is 398. The molecule has 2 aromatic heterocycles. The average Bonchev–Trinajstić information content (AvgIpc) is 2.35. The number of aromatic nitrogens is 4. The average molecular weight is 233 g/mol. The third kappa shape index (κ3) is 1.00. The van der Waals surface area contributed by atoms with Crippen molar-refractivity contribution >= 4 is 33.2 Å². The summed E-state index contributed by atoms with van der Waals surface area (Å²) in [6.45, 7) is 0. The molecule has 0 saturated heterocycles. The van der Waals surface area contributed by atoms with Crippen molar-refractivity contribution in [2.24, 2.45) is 0 Å². The zero-order chi connectivity index (χ0) is 7.84. The molecule has 6 heteroatoms. The van der Waals surface area contributed by atoms with E-state index in [1.54, 1.807) is 6.20 Å². The first-order valence-electron chi connectivity index (χ1n) is 2.79. The molecule has 2 aromatic rings. The van der Waals surface area contributed by atoms with E-state index in [1.807, 2.05) is 0 Å². The first-order chi connectivity index (χ1) is 5.29. The fourth-order valence-corrected chi connectivity index (χ4v) is 1.26. The smallest absolute Gasteiger partial charge is 0.193 e. The monoisotopic (exact) mass is 232 g/mol. The molecule has 0 aliphatic carbocycles. The molecule has 0 atom stereocenters. The lowest BCUT2D eigenvalue weighted by Crippen LogP contribution is -1.93. The molecule has 0 spiro atoms. The minimum atomic E-state index is 0.445. The third-order valence-corrected chi connectivity index (χ3v) is 2.04. The maximum Gasteiger partial charge on any atom is 0.193 e. The Morgan fingerprint density at radius 1 is 1.45 bits per heavy atom. The number of hydrogen-bond donors (Lipinski definition) is 0. The van der Waals surface area contributed by atoms with Crippen LogP contribution in [0.2, 0.25) is 5.15 Å². The normalized spacial score (nSPS) is 10.7. The predicted molar refractivity (Wildman–Crippen MR) is 43.5 cm³/mol. The molecule has 0 aliphatic heterocycles. The minimum Gasteiger partial charge on any atom is -0.199 e. The number of fused-ring (bicyclic) bond motifs is 1. The van der Waals surface area contributed by atoms with Gasteiger partial charge in [-0.05, 0) is 15.9 Å². The Balaban J connectivity index is 2.94. The van der Waals surface area contributed by atoms with E-state index in [1.165, 1.54) is 10.7 Å². The van der Waals surface area contributed by atoms with E-state index in [0.717, 1.165) is 4.47 Å². The highest BCUT2D eigenvalue weighted by atomic mass is 79.9. The van der Waals surface area contributed by atoms with E-state index in [0.29, 0.717) is 10.8 Å². The molecule has 0 N–H and O–H groups in total. The summed E-state index contributed by atoms with van der Waals surface area (Å²) in [6.07, 6.45) is 3.06. The van der Waals surface area contributed by atoms with Crippen LogP contribution in [0.4, 0.5) is 0 Å². The van der Waals surface area contributed by atoms with Gasteiger partial charge in [0.1, 0.15) is 0 Å². The van der Waals surface area contributed by atoms with Crippen LogP contribution in [-0.2, 0) is 0 Å². The van der Waals surface area contributed by atoms with Crippen molar-refractivity contribution in [3.05, 3.63) is 22.0 Å². The first-order valence-corrected chi connectivity index (χ1v) is 3.96. The molecule has 2 rings (SSSR count). The maximum absolute atomic E-state index is 5.75. The molecule has 0 aromatic carbocycles. The van der Waals surface area contributed by atoms with Crippen LogP contribution >= 0.6 is 27.5 Å². The van der Waals surface area contributed by atoms with Crippen LogP contribution in [0.15, 0.2) is 16.9 Å². The summed E-state index contributed by atoms with van der Waals surface area (Å²) in [6, 6.07) is 0. The molecule has 0 unspecified atom stereocenters. The van der Waals surface area contributed by atoms with Crippen molar-refractivity contribution in [1.82, 2.24) is 19.8 Å². The highest BCUT2D eigenvalue weighted by molar-refractivity contribution is 9.10. The van der Waals surface area contributed by atoms with E-state index in [2.05, 4.69) is 31.2 Å². The molecule has 0 radical (unpaired) electrons. The summed E-state index contributed by atoms with van der Waals surface area (Å²) in [5.41, 5.74) is 0.623. The number of nitrogens with zero attached hydrogens (tertiary/aromatic N) is 4. The molecule has 2 heterocycles. The summed E-state index contributed by atoms with van der Waals surface area (Å²) in [7, 11) is 0. The zero-order valence-corrected chi connectivity index (χ0v) is 7.54.